The molecule has 6 heteroatoms. The molecule has 112 valence electrons. The van der Waals surface area contributed by atoms with Gasteiger partial charge >= 0.3 is 0 Å². The van der Waals surface area contributed by atoms with Crippen molar-refractivity contribution in [2.45, 2.75) is 6.92 Å². The molecular formula is C15H17FN2O3. The highest BCUT2D eigenvalue weighted by molar-refractivity contribution is 5.96. The average Bonchev–Trinajstić information content (AvgIpc) is 2.49. The summed E-state index contributed by atoms with van der Waals surface area (Å²) in [7, 11) is 1.47. The lowest BCUT2D eigenvalue weighted by Gasteiger charge is -2.20. The third-order valence-electron chi connectivity index (χ3n) is 2.79. The lowest BCUT2D eigenvalue weighted by atomic mass is 10.1. The van der Waals surface area contributed by atoms with Gasteiger partial charge in [0.2, 0.25) is 5.91 Å². The van der Waals surface area contributed by atoms with Crippen LogP contribution >= 0.6 is 0 Å². The Morgan fingerprint density at radius 2 is 2.14 bits per heavy atom. The number of likely N-dealkylation sites (N-methyl/N-ethyl adjacent to an activating group) is 2. The number of aliphatic hydroxyl groups is 1. The van der Waals surface area contributed by atoms with E-state index in [9.17, 15) is 14.0 Å². The third kappa shape index (κ3) is 4.58. The maximum Gasteiger partial charge on any atom is 0.257 e. The van der Waals surface area contributed by atoms with E-state index < -0.39 is 11.7 Å². The SMILES string of the molecule is CCN(CC(=O)NC)C(=O)c1ccc(C#CCO)cc1F. The second-order valence-corrected chi connectivity index (χ2v) is 4.15. The zero-order valence-corrected chi connectivity index (χ0v) is 11.9. The Morgan fingerprint density at radius 3 is 2.67 bits per heavy atom. The number of carbonyl (C=O) groups excluding carboxylic acids is 2. The first-order chi connectivity index (χ1) is 10.0. The van der Waals surface area contributed by atoms with Crippen LogP contribution in [0.2, 0.25) is 0 Å². The predicted octanol–water partition coefficient (Wildman–Crippen LogP) is 0.378. The number of aliphatic hydroxyl groups excluding tert-OH is 1. The Hall–Kier alpha value is -2.39. The molecule has 0 bridgehead atoms. The van der Waals surface area contributed by atoms with Gasteiger partial charge in [-0.2, -0.15) is 0 Å². The summed E-state index contributed by atoms with van der Waals surface area (Å²) in [6.45, 7) is 1.55. The van der Waals surface area contributed by atoms with Crippen molar-refractivity contribution in [3.05, 3.63) is 35.1 Å². The van der Waals surface area contributed by atoms with Gasteiger partial charge in [0.25, 0.3) is 5.91 Å². The van der Waals surface area contributed by atoms with E-state index in [0.717, 1.165) is 6.07 Å². The van der Waals surface area contributed by atoms with Gasteiger partial charge in [-0.05, 0) is 25.1 Å². The van der Waals surface area contributed by atoms with Crippen LogP contribution in [0.25, 0.3) is 0 Å². The molecule has 2 N–H and O–H groups in total. The van der Waals surface area contributed by atoms with Gasteiger partial charge in [0.15, 0.2) is 0 Å². The zero-order valence-electron chi connectivity index (χ0n) is 11.9. The number of amides is 2. The summed E-state index contributed by atoms with van der Waals surface area (Å²) in [6.07, 6.45) is 0. The Bertz CT molecular complexity index is 590. The van der Waals surface area contributed by atoms with Gasteiger partial charge in [-0.25, -0.2) is 4.39 Å². The summed E-state index contributed by atoms with van der Waals surface area (Å²) in [4.78, 5) is 24.8. The molecule has 0 aliphatic heterocycles. The van der Waals surface area contributed by atoms with Gasteiger partial charge in [0, 0.05) is 19.2 Å². The zero-order chi connectivity index (χ0) is 15.8. The maximum absolute atomic E-state index is 14.0. The Balaban J connectivity index is 2.98. The predicted molar refractivity (Wildman–Crippen MR) is 76.0 cm³/mol. The van der Waals surface area contributed by atoms with Gasteiger partial charge in [0.1, 0.15) is 12.4 Å². The average molecular weight is 292 g/mol. The molecule has 0 atom stereocenters. The van der Waals surface area contributed by atoms with Crippen molar-refractivity contribution in [2.75, 3.05) is 26.7 Å². The molecular weight excluding hydrogens is 275 g/mol. The van der Waals surface area contributed by atoms with E-state index in [-0.39, 0.29) is 31.2 Å². The molecule has 2 amide bonds. The Kier molecular flexibility index (Phi) is 6.37. The molecule has 0 heterocycles. The highest BCUT2D eigenvalue weighted by Gasteiger charge is 2.20. The monoisotopic (exact) mass is 292 g/mol. The topological polar surface area (TPSA) is 69.6 Å². The first kappa shape index (κ1) is 16.7. The minimum absolute atomic E-state index is 0.115. The molecule has 5 nitrogen and oxygen atoms in total. The fourth-order valence-electron chi connectivity index (χ4n) is 1.66. The van der Waals surface area contributed by atoms with Crippen LogP contribution in [0.5, 0.6) is 0 Å². The van der Waals surface area contributed by atoms with Crippen LogP contribution in [0.3, 0.4) is 0 Å². The molecule has 0 saturated carbocycles. The lowest BCUT2D eigenvalue weighted by molar-refractivity contribution is -0.121. The van der Waals surface area contributed by atoms with E-state index in [4.69, 9.17) is 5.11 Å². The molecule has 1 aromatic rings. The summed E-state index contributed by atoms with van der Waals surface area (Å²) in [6, 6.07) is 3.95. The number of nitrogens with zero attached hydrogens (tertiary/aromatic N) is 1. The Labute approximate surface area is 122 Å². The minimum Gasteiger partial charge on any atom is -0.384 e. The fraction of sp³-hybridized carbons (Fsp3) is 0.333. The summed E-state index contributed by atoms with van der Waals surface area (Å²) in [5.41, 5.74) is 0.253. The normalized spacial score (nSPS) is 9.52. The van der Waals surface area contributed by atoms with Crippen LogP contribution < -0.4 is 5.32 Å². The molecule has 0 radical (unpaired) electrons. The number of benzene rings is 1. The Morgan fingerprint density at radius 1 is 1.43 bits per heavy atom. The molecule has 0 aromatic heterocycles. The third-order valence-corrected chi connectivity index (χ3v) is 2.79. The van der Waals surface area contributed by atoms with Crippen molar-refractivity contribution in [2.24, 2.45) is 0 Å². The molecule has 0 aliphatic rings. The van der Waals surface area contributed by atoms with Gasteiger partial charge in [-0.3, -0.25) is 9.59 Å². The smallest absolute Gasteiger partial charge is 0.257 e. The number of hydrogen-bond donors (Lipinski definition) is 2. The summed E-state index contributed by atoms with van der Waals surface area (Å²) in [5.74, 6) is 3.37. The largest absolute Gasteiger partial charge is 0.384 e. The molecule has 0 unspecified atom stereocenters. The minimum atomic E-state index is -0.708. The summed E-state index contributed by atoms with van der Waals surface area (Å²) in [5, 5.41) is 11.0. The van der Waals surface area contributed by atoms with E-state index >= 15 is 0 Å². The van der Waals surface area contributed by atoms with Gasteiger partial charge in [0.05, 0.1) is 12.1 Å². The van der Waals surface area contributed by atoms with E-state index in [1.165, 1.54) is 24.1 Å². The van der Waals surface area contributed by atoms with Crippen LogP contribution in [0, 0.1) is 17.7 Å². The molecule has 1 aromatic carbocycles. The molecule has 0 fully saturated rings. The van der Waals surface area contributed by atoms with Crippen LogP contribution in [0.15, 0.2) is 18.2 Å². The number of hydrogen-bond acceptors (Lipinski definition) is 3. The molecule has 0 spiro atoms. The van der Waals surface area contributed by atoms with Crippen molar-refractivity contribution < 1.29 is 19.1 Å². The fourth-order valence-corrected chi connectivity index (χ4v) is 1.66. The molecule has 0 aliphatic carbocycles. The second-order valence-electron chi connectivity index (χ2n) is 4.15. The molecule has 0 saturated heterocycles. The van der Waals surface area contributed by atoms with Crippen molar-refractivity contribution in [3.8, 4) is 11.8 Å². The van der Waals surface area contributed by atoms with Gasteiger partial charge < -0.3 is 15.3 Å². The van der Waals surface area contributed by atoms with Crippen LogP contribution in [0.1, 0.15) is 22.8 Å². The number of halogens is 1. The van der Waals surface area contributed by atoms with Gasteiger partial charge in [-0.1, -0.05) is 11.8 Å². The first-order valence-corrected chi connectivity index (χ1v) is 6.42. The number of nitrogens with one attached hydrogen (secondary N) is 1. The second kappa shape index (κ2) is 8.02. The summed E-state index contributed by atoms with van der Waals surface area (Å²) >= 11 is 0. The van der Waals surface area contributed by atoms with E-state index in [1.54, 1.807) is 6.92 Å². The van der Waals surface area contributed by atoms with E-state index in [1.807, 2.05) is 0 Å². The summed E-state index contributed by atoms with van der Waals surface area (Å²) < 4.78 is 14.0. The van der Waals surface area contributed by atoms with Crippen molar-refractivity contribution in [3.63, 3.8) is 0 Å². The standard InChI is InChI=1S/C15H17FN2O3/c1-3-18(10-14(20)17-2)15(21)12-7-6-11(5-4-8-19)9-13(12)16/h6-7,9,19H,3,8,10H2,1-2H3,(H,17,20). The van der Waals surface area contributed by atoms with Crippen molar-refractivity contribution in [1.82, 2.24) is 10.2 Å². The van der Waals surface area contributed by atoms with Gasteiger partial charge in [-0.15, -0.1) is 0 Å². The molecule has 21 heavy (non-hydrogen) atoms. The lowest BCUT2D eigenvalue weighted by Crippen LogP contribution is -2.39. The van der Waals surface area contributed by atoms with E-state index in [0.29, 0.717) is 5.56 Å². The van der Waals surface area contributed by atoms with Crippen LogP contribution in [-0.4, -0.2) is 48.6 Å². The highest BCUT2D eigenvalue weighted by atomic mass is 19.1. The molecule has 1 rings (SSSR count). The number of carbonyl (C=O) groups is 2. The van der Waals surface area contributed by atoms with Crippen molar-refractivity contribution in [1.29, 1.82) is 0 Å². The maximum atomic E-state index is 14.0. The van der Waals surface area contributed by atoms with Crippen LogP contribution in [-0.2, 0) is 4.79 Å². The highest BCUT2D eigenvalue weighted by Crippen LogP contribution is 2.12. The quantitative estimate of drug-likeness (QED) is 0.788. The van der Waals surface area contributed by atoms with Crippen LogP contribution in [0.4, 0.5) is 4.39 Å². The van der Waals surface area contributed by atoms with E-state index in [2.05, 4.69) is 17.2 Å². The first-order valence-electron chi connectivity index (χ1n) is 6.42. The van der Waals surface area contributed by atoms with Crippen molar-refractivity contribution >= 4 is 11.8 Å². The number of rotatable bonds is 4.